The fourth-order valence-electron chi connectivity index (χ4n) is 2.94. The Hall–Kier alpha value is -1.14. The third kappa shape index (κ3) is 4.77. The minimum atomic E-state index is -3.82. The van der Waals surface area contributed by atoms with Crippen LogP contribution < -0.4 is 4.72 Å². The van der Waals surface area contributed by atoms with Crippen molar-refractivity contribution in [2.45, 2.75) is 64.5 Å². The average Bonchev–Trinajstić information content (AvgIpc) is 2.63. The second-order valence-electron chi connectivity index (χ2n) is 6.65. The first-order chi connectivity index (χ1) is 12.0. The van der Waals surface area contributed by atoms with Gasteiger partial charge in [-0.25, -0.2) is 13.1 Å². The molecule has 2 N–H and O–H groups in total. The highest BCUT2D eigenvalue weighted by Gasteiger charge is 2.44. The molecule has 0 aliphatic heterocycles. The van der Waals surface area contributed by atoms with Crippen molar-refractivity contribution in [1.29, 1.82) is 0 Å². The van der Waals surface area contributed by atoms with Gasteiger partial charge in [-0.05, 0) is 69.0 Å². The molecular weight excluding hydrogens is 370 g/mol. The molecule has 0 aliphatic carbocycles. The molecule has 0 saturated heterocycles. The molecule has 0 radical (unpaired) electrons. The molecule has 6 heteroatoms. The molecule has 1 aromatic rings. The highest BCUT2D eigenvalue weighted by Crippen LogP contribution is 2.35. The zero-order chi connectivity index (χ0) is 20.1. The number of nitrogens with one attached hydrogen (secondary N) is 1. The molecule has 0 spiro atoms. The van der Waals surface area contributed by atoms with Gasteiger partial charge in [0.2, 0.25) is 10.0 Å². The zero-order valence-corrected chi connectivity index (χ0v) is 17.9. The van der Waals surface area contributed by atoms with Gasteiger partial charge in [0.1, 0.15) is 5.60 Å². The van der Waals surface area contributed by atoms with Crippen LogP contribution in [0.1, 0.15) is 48.0 Å². The van der Waals surface area contributed by atoms with Crippen molar-refractivity contribution in [3.05, 3.63) is 52.6 Å². The summed E-state index contributed by atoms with van der Waals surface area (Å²) in [5.41, 5.74) is 0.00715. The first-order valence-corrected chi connectivity index (χ1v) is 10.7. The average molecular weight is 400 g/mol. The van der Waals surface area contributed by atoms with Crippen LogP contribution in [0.15, 0.2) is 52.5 Å². The van der Waals surface area contributed by atoms with Gasteiger partial charge in [-0.2, -0.15) is 0 Å². The molecule has 1 aromatic carbocycles. The van der Waals surface area contributed by atoms with Crippen molar-refractivity contribution in [1.82, 2.24) is 4.72 Å². The van der Waals surface area contributed by atoms with Crippen LogP contribution in [0.5, 0.6) is 0 Å². The van der Waals surface area contributed by atoms with Crippen LogP contribution in [0.3, 0.4) is 0 Å². The van der Waals surface area contributed by atoms with Gasteiger partial charge < -0.3 is 5.11 Å². The molecule has 26 heavy (non-hydrogen) atoms. The van der Waals surface area contributed by atoms with Crippen LogP contribution in [0.4, 0.5) is 0 Å². The van der Waals surface area contributed by atoms with Crippen molar-refractivity contribution in [2.24, 2.45) is 5.92 Å². The predicted octanol–water partition coefficient (Wildman–Crippen LogP) is 4.70. The van der Waals surface area contributed by atoms with Gasteiger partial charge in [0.05, 0.1) is 10.9 Å². The fourth-order valence-corrected chi connectivity index (χ4v) is 4.43. The Bertz CT molecular complexity index is 749. The minimum Gasteiger partial charge on any atom is -0.379 e. The van der Waals surface area contributed by atoms with Crippen LogP contribution in [-0.2, 0) is 10.0 Å². The lowest BCUT2D eigenvalue weighted by Gasteiger charge is -2.41. The number of allylic oxidation sites excluding steroid dienone is 2. The standard InChI is InChI=1S/C20H30ClNO3S/c1-7-14(4)19(20(23,15(5)8-2)16(6)9-3)22-26(24,25)18-12-10-17(21)11-13-18/h8-14,19,22-23H,7H2,1-6H3/b15-8-,16-9+/t14-,19-,20?/m0/s1. The van der Waals surface area contributed by atoms with Gasteiger partial charge in [-0.3, -0.25) is 0 Å². The minimum absolute atomic E-state index is 0.0909. The van der Waals surface area contributed by atoms with Crippen LogP contribution in [0.25, 0.3) is 0 Å². The molecule has 0 saturated carbocycles. The molecule has 0 amide bonds. The highest BCUT2D eigenvalue weighted by molar-refractivity contribution is 7.89. The summed E-state index contributed by atoms with van der Waals surface area (Å²) in [5.74, 6) is -0.0909. The second-order valence-corrected chi connectivity index (χ2v) is 8.80. The maximum Gasteiger partial charge on any atom is 0.240 e. The predicted molar refractivity (Wildman–Crippen MR) is 109 cm³/mol. The summed E-state index contributed by atoms with van der Waals surface area (Å²) in [6, 6.07) is 5.29. The number of rotatable bonds is 8. The van der Waals surface area contributed by atoms with E-state index in [1.165, 1.54) is 24.3 Å². The van der Waals surface area contributed by atoms with Crippen molar-refractivity contribution in [3.8, 4) is 0 Å². The Morgan fingerprint density at radius 3 is 2.04 bits per heavy atom. The molecule has 0 bridgehead atoms. The maximum atomic E-state index is 12.9. The van der Waals surface area contributed by atoms with E-state index in [-0.39, 0.29) is 10.8 Å². The number of halogens is 1. The summed E-state index contributed by atoms with van der Waals surface area (Å²) in [6.07, 6.45) is 4.35. The molecule has 4 nitrogen and oxygen atoms in total. The fraction of sp³-hybridized carbons (Fsp3) is 0.500. The van der Waals surface area contributed by atoms with Gasteiger partial charge >= 0.3 is 0 Å². The van der Waals surface area contributed by atoms with Crippen molar-refractivity contribution < 1.29 is 13.5 Å². The summed E-state index contributed by atoms with van der Waals surface area (Å²) in [5, 5.41) is 12.0. The van der Waals surface area contributed by atoms with E-state index in [0.29, 0.717) is 22.6 Å². The lowest BCUT2D eigenvalue weighted by Crippen LogP contribution is -2.57. The summed E-state index contributed by atoms with van der Waals surface area (Å²) in [6.45, 7) is 11.2. The molecule has 146 valence electrons. The summed E-state index contributed by atoms with van der Waals surface area (Å²) in [4.78, 5) is 0.119. The van der Waals surface area contributed by atoms with Gasteiger partial charge in [-0.15, -0.1) is 0 Å². The van der Waals surface area contributed by atoms with E-state index in [9.17, 15) is 13.5 Å². The second kappa shape index (κ2) is 9.18. The first kappa shape index (κ1) is 22.9. The molecule has 0 fully saturated rings. The largest absolute Gasteiger partial charge is 0.379 e. The summed E-state index contributed by atoms with van der Waals surface area (Å²) < 4.78 is 28.6. The Morgan fingerprint density at radius 2 is 1.65 bits per heavy atom. The number of aliphatic hydroxyl groups is 1. The number of sulfonamides is 1. The van der Waals surface area contributed by atoms with Crippen LogP contribution >= 0.6 is 11.6 Å². The SMILES string of the molecule is C/C=C(/C)C(O)(/C(C)=C/C)[C@@H](NS(=O)(=O)c1ccc(Cl)cc1)[C@@H](C)CC. The number of hydrogen-bond acceptors (Lipinski definition) is 3. The molecule has 0 heterocycles. The highest BCUT2D eigenvalue weighted by atomic mass is 35.5. The van der Waals surface area contributed by atoms with Crippen molar-refractivity contribution >= 4 is 21.6 Å². The third-order valence-corrected chi connectivity index (χ3v) is 6.85. The van der Waals surface area contributed by atoms with E-state index in [1.807, 2.05) is 53.7 Å². The van der Waals surface area contributed by atoms with E-state index in [1.54, 1.807) is 0 Å². The van der Waals surface area contributed by atoms with E-state index in [2.05, 4.69) is 4.72 Å². The summed E-state index contributed by atoms with van der Waals surface area (Å²) >= 11 is 5.86. The number of hydrogen-bond donors (Lipinski definition) is 2. The van der Waals surface area contributed by atoms with Crippen LogP contribution in [0, 0.1) is 5.92 Å². The van der Waals surface area contributed by atoms with Crippen molar-refractivity contribution in [2.75, 3.05) is 0 Å². The van der Waals surface area contributed by atoms with Crippen LogP contribution in [0.2, 0.25) is 5.02 Å². The Morgan fingerprint density at radius 1 is 1.19 bits per heavy atom. The van der Waals surface area contributed by atoms with E-state index >= 15 is 0 Å². The van der Waals surface area contributed by atoms with E-state index in [4.69, 9.17) is 11.6 Å². The molecule has 0 aromatic heterocycles. The molecule has 3 atom stereocenters. The van der Waals surface area contributed by atoms with Gasteiger partial charge in [0.15, 0.2) is 0 Å². The lowest BCUT2D eigenvalue weighted by molar-refractivity contribution is 0.0580. The zero-order valence-electron chi connectivity index (χ0n) is 16.4. The molecule has 1 rings (SSSR count). The topological polar surface area (TPSA) is 66.4 Å². The van der Waals surface area contributed by atoms with Gasteiger partial charge in [0, 0.05) is 5.02 Å². The van der Waals surface area contributed by atoms with Crippen molar-refractivity contribution in [3.63, 3.8) is 0 Å². The third-order valence-electron chi connectivity index (χ3n) is 5.14. The van der Waals surface area contributed by atoms with E-state index < -0.39 is 21.7 Å². The molecule has 1 unspecified atom stereocenters. The smallest absolute Gasteiger partial charge is 0.240 e. The van der Waals surface area contributed by atoms with Gasteiger partial charge in [0.25, 0.3) is 0 Å². The maximum absolute atomic E-state index is 12.9. The Balaban J connectivity index is 3.48. The Labute approximate surface area is 163 Å². The Kier molecular flexibility index (Phi) is 8.08. The van der Waals surface area contributed by atoms with E-state index in [0.717, 1.165) is 0 Å². The molecular formula is C20H30ClNO3S. The number of benzene rings is 1. The van der Waals surface area contributed by atoms with Crippen LogP contribution in [-0.4, -0.2) is 25.2 Å². The first-order valence-electron chi connectivity index (χ1n) is 8.81. The summed E-state index contributed by atoms with van der Waals surface area (Å²) in [7, 11) is -3.82. The quantitative estimate of drug-likeness (QED) is 0.623. The van der Waals surface area contributed by atoms with Gasteiger partial charge in [-0.1, -0.05) is 44.0 Å². The monoisotopic (exact) mass is 399 g/mol. The normalized spacial score (nSPS) is 18.3. The lowest BCUT2D eigenvalue weighted by atomic mass is 9.75. The molecule has 0 aliphatic rings.